The summed E-state index contributed by atoms with van der Waals surface area (Å²) in [5, 5.41) is 0. The summed E-state index contributed by atoms with van der Waals surface area (Å²) < 4.78 is 43.4. The number of allylic oxidation sites excluding steroid dienone is 1. The van der Waals surface area contributed by atoms with E-state index in [1.54, 1.807) is 62.6 Å². The summed E-state index contributed by atoms with van der Waals surface area (Å²) in [5.74, 6) is 1.14. The van der Waals surface area contributed by atoms with Crippen molar-refractivity contribution >= 4 is 23.4 Å². The maximum Gasteiger partial charge on any atom is 0.338 e. The number of rotatable bonds is 12. The van der Waals surface area contributed by atoms with Crippen molar-refractivity contribution in [2.24, 2.45) is 4.99 Å². The highest BCUT2D eigenvalue weighted by Gasteiger charge is 2.36. The first-order chi connectivity index (χ1) is 22.3. The number of hydrogen-bond acceptors (Lipinski definition) is 9. The van der Waals surface area contributed by atoms with Crippen molar-refractivity contribution in [2.75, 3.05) is 27.9 Å². The molecule has 5 rings (SSSR count). The monoisotopic (exact) mass is 646 g/mol. The summed E-state index contributed by atoms with van der Waals surface area (Å²) in [6.45, 7) is 4.13. The normalized spacial score (nSPS) is 14.4. The smallest absolute Gasteiger partial charge is 0.338 e. The largest absolute Gasteiger partial charge is 0.497 e. The molecule has 0 radical (unpaired) electrons. The van der Waals surface area contributed by atoms with Gasteiger partial charge in [0.2, 0.25) is 0 Å². The molecule has 0 bridgehead atoms. The first-order valence-electron chi connectivity index (χ1n) is 14.8. The number of halogens is 1. The lowest BCUT2D eigenvalue weighted by Crippen LogP contribution is -2.40. The molecule has 2 heterocycles. The van der Waals surface area contributed by atoms with Gasteiger partial charge in [-0.05, 0) is 73.0 Å². The van der Waals surface area contributed by atoms with E-state index in [1.165, 1.54) is 42.3 Å². The van der Waals surface area contributed by atoms with E-state index in [0.29, 0.717) is 61.1 Å². The standard InChI is InChI=1S/C35H35FN2O7S/c1-6-8-26-31(34(40)44-7-2)32(25-19-24(41-3)14-16-27(25)42-4)38-33(39)30(46-35(38)37-26)18-22-11-15-28(29(17-22)43-5)45-20-21-9-12-23(36)13-10-21/h9-19,32H,6-8,20H2,1-5H3/b30-18+/t32-/m1/s1. The first-order valence-corrected chi connectivity index (χ1v) is 15.6. The topological polar surface area (TPSA) is 97.6 Å². The zero-order valence-corrected chi connectivity index (χ0v) is 27.1. The Morgan fingerprint density at radius 1 is 0.957 bits per heavy atom. The molecule has 0 spiro atoms. The van der Waals surface area contributed by atoms with E-state index in [4.69, 9.17) is 28.7 Å². The van der Waals surface area contributed by atoms with Crippen LogP contribution in [0, 0.1) is 5.82 Å². The van der Waals surface area contributed by atoms with Gasteiger partial charge in [-0.3, -0.25) is 9.36 Å². The molecule has 240 valence electrons. The van der Waals surface area contributed by atoms with E-state index in [-0.39, 0.29) is 24.6 Å². The van der Waals surface area contributed by atoms with Crippen LogP contribution in [0.25, 0.3) is 6.08 Å². The molecule has 0 unspecified atom stereocenters. The molecule has 1 aliphatic heterocycles. The average molecular weight is 647 g/mol. The summed E-state index contributed by atoms with van der Waals surface area (Å²) in [7, 11) is 4.62. The van der Waals surface area contributed by atoms with Crippen LogP contribution >= 0.6 is 11.3 Å². The number of nitrogens with zero attached hydrogens (tertiary/aromatic N) is 2. The Balaban J connectivity index is 1.62. The lowest BCUT2D eigenvalue weighted by Gasteiger charge is -2.27. The number of aromatic nitrogens is 1. The van der Waals surface area contributed by atoms with Crippen LogP contribution in [0.2, 0.25) is 0 Å². The van der Waals surface area contributed by atoms with Gasteiger partial charge in [-0.15, -0.1) is 0 Å². The predicted octanol–water partition coefficient (Wildman–Crippen LogP) is 5.32. The van der Waals surface area contributed by atoms with Crippen molar-refractivity contribution in [3.63, 3.8) is 0 Å². The lowest BCUT2D eigenvalue weighted by atomic mass is 9.93. The molecule has 0 amide bonds. The highest BCUT2D eigenvalue weighted by molar-refractivity contribution is 7.07. The summed E-state index contributed by atoms with van der Waals surface area (Å²) in [6, 6.07) is 15.8. The van der Waals surface area contributed by atoms with Crippen molar-refractivity contribution < 1.29 is 32.9 Å². The van der Waals surface area contributed by atoms with Gasteiger partial charge in [0, 0.05) is 5.56 Å². The summed E-state index contributed by atoms with van der Waals surface area (Å²) >= 11 is 1.23. The van der Waals surface area contributed by atoms with Crippen LogP contribution in [0.15, 0.2) is 81.7 Å². The minimum atomic E-state index is -0.860. The Bertz CT molecular complexity index is 1950. The second kappa shape index (κ2) is 14.5. The van der Waals surface area contributed by atoms with Crippen molar-refractivity contribution in [1.29, 1.82) is 0 Å². The molecule has 3 aromatic carbocycles. The van der Waals surface area contributed by atoms with Crippen LogP contribution in [0.1, 0.15) is 49.4 Å². The Labute approximate surface area is 269 Å². The van der Waals surface area contributed by atoms with Gasteiger partial charge in [-0.1, -0.05) is 42.9 Å². The minimum absolute atomic E-state index is 0.166. The Morgan fingerprint density at radius 2 is 1.70 bits per heavy atom. The highest BCUT2D eigenvalue weighted by Crippen LogP contribution is 2.39. The third-order valence-electron chi connectivity index (χ3n) is 7.42. The van der Waals surface area contributed by atoms with Gasteiger partial charge in [0.1, 0.15) is 30.0 Å². The van der Waals surface area contributed by atoms with Crippen molar-refractivity contribution in [1.82, 2.24) is 4.57 Å². The molecular weight excluding hydrogens is 611 g/mol. The molecule has 0 fully saturated rings. The molecule has 1 atom stereocenters. The van der Waals surface area contributed by atoms with E-state index in [2.05, 4.69) is 0 Å². The first kappa shape index (κ1) is 32.5. The van der Waals surface area contributed by atoms with E-state index in [0.717, 1.165) is 12.0 Å². The predicted molar refractivity (Wildman–Crippen MR) is 173 cm³/mol. The lowest BCUT2D eigenvalue weighted by molar-refractivity contribution is -0.139. The molecular formula is C35H35FN2O7S. The van der Waals surface area contributed by atoms with Crippen LogP contribution in [0.4, 0.5) is 4.39 Å². The highest BCUT2D eigenvalue weighted by atomic mass is 32.1. The molecule has 1 aliphatic rings. The number of carbonyl (C=O) groups excluding carboxylic acids is 1. The van der Waals surface area contributed by atoms with Gasteiger partial charge >= 0.3 is 5.97 Å². The van der Waals surface area contributed by atoms with Crippen molar-refractivity contribution in [3.05, 3.63) is 114 Å². The third kappa shape index (κ3) is 6.69. The molecule has 0 saturated heterocycles. The molecule has 46 heavy (non-hydrogen) atoms. The molecule has 11 heteroatoms. The van der Waals surface area contributed by atoms with Gasteiger partial charge < -0.3 is 23.7 Å². The number of esters is 1. The van der Waals surface area contributed by atoms with Gasteiger partial charge in [0.05, 0.1) is 43.7 Å². The van der Waals surface area contributed by atoms with Gasteiger partial charge in [0.25, 0.3) is 5.56 Å². The molecule has 0 N–H and O–H groups in total. The molecule has 4 aromatic rings. The Kier molecular flexibility index (Phi) is 10.2. The Hall–Kier alpha value is -4.90. The molecule has 0 saturated carbocycles. The van der Waals surface area contributed by atoms with Crippen LogP contribution in [-0.2, 0) is 16.1 Å². The van der Waals surface area contributed by atoms with Gasteiger partial charge in [-0.25, -0.2) is 14.2 Å². The SMILES string of the molecule is CCCC1=C(C(=O)OCC)[C@@H](c2cc(OC)ccc2OC)n2c(s/c(=C/c3ccc(OCc4ccc(F)cc4)c(OC)c3)c2=O)=N1. The number of methoxy groups -OCH3 is 3. The third-order valence-corrected chi connectivity index (χ3v) is 8.40. The second-order valence-corrected chi connectivity index (χ2v) is 11.4. The molecule has 0 aliphatic carbocycles. The minimum Gasteiger partial charge on any atom is -0.497 e. The van der Waals surface area contributed by atoms with E-state index < -0.39 is 12.0 Å². The second-order valence-electron chi connectivity index (χ2n) is 10.3. The quantitative estimate of drug-likeness (QED) is 0.192. The van der Waals surface area contributed by atoms with E-state index >= 15 is 0 Å². The van der Waals surface area contributed by atoms with Gasteiger partial charge in [-0.2, -0.15) is 0 Å². The van der Waals surface area contributed by atoms with Crippen LogP contribution in [-0.4, -0.2) is 38.5 Å². The zero-order valence-electron chi connectivity index (χ0n) is 26.3. The van der Waals surface area contributed by atoms with Crippen molar-refractivity contribution in [3.8, 4) is 23.0 Å². The number of ether oxygens (including phenoxy) is 5. The number of thiazole rings is 1. The molecule has 1 aromatic heterocycles. The van der Waals surface area contributed by atoms with Crippen LogP contribution < -0.4 is 33.8 Å². The maximum atomic E-state index is 14.2. The number of fused-ring (bicyclic) bond motifs is 1. The number of carbonyl (C=O) groups is 1. The fourth-order valence-electron chi connectivity index (χ4n) is 5.25. The fraction of sp³-hybridized carbons (Fsp3) is 0.286. The summed E-state index contributed by atoms with van der Waals surface area (Å²) in [4.78, 5) is 33.0. The van der Waals surface area contributed by atoms with Gasteiger partial charge in [0.15, 0.2) is 16.3 Å². The Morgan fingerprint density at radius 3 is 2.37 bits per heavy atom. The average Bonchev–Trinajstić information content (AvgIpc) is 3.37. The van der Waals surface area contributed by atoms with Crippen LogP contribution in [0.5, 0.6) is 23.0 Å². The zero-order chi connectivity index (χ0) is 32.8. The number of hydrogen-bond donors (Lipinski definition) is 0. The van der Waals surface area contributed by atoms with E-state index in [1.807, 2.05) is 13.0 Å². The number of benzene rings is 3. The fourth-order valence-corrected chi connectivity index (χ4v) is 6.27. The molecule has 9 nitrogen and oxygen atoms in total. The maximum absolute atomic E-state index is 14.2. The van der Waals surface area contributed by atoms with Crippen LogP contribution in [0.3, 0.4) is 0 Å². The summed E-state index contributed by atoms with van der Waals surface area (Å²) in [5.41, 5.74) is 2.61. The summed E-state index contributed by atoms with van der Waals surface area (Å²) in [6.07, 6.45) is 3.00. The van der Waals surface area contributed by atoms with Crippen molar-refractivity contribution in [2.45, 2.75) is 39.3 Å². The van der Waals surface area contributed by atoms with E-state index in [9.17, 15) is 14.0 Å².